The Morgan fingerprint density at radius 1 is 1.33 bits per heavy atom. The molecule has 5 heteroatoms. The molecule has 0 fully saturated rings. The number of imidazole rings is 1. The van der Waals surface area contributed by atoms with Gasteiger partial charge in [-0.05, 0) is 42.3 Å². The zero-order valence-corrected chi connectivity index (χ0v) is 15.0. The summed E-state index contributed by atoms with van der Waals surface area (Å²) in [6, 6.07) is 3.53. The van der Waals surface area contributed by atoms with Crippen molar-refractivity contribution in [2.45, 2.75) is 57.9 Å². The lowest BCUT2D eigenvalue weighted by Crippen LogP contribution is -2.10. The molecule has 0 bridgehead atoms. The fourth-order valence-electron chi connectivity index (χ4n) is 2.67. The molecule has 0 aliphatic heterocycles. The minimum atomic E-state index is -0.266. The quantitative estimate of drug-likeness (QED) is 0.423. The van der Waals surface area contributed by atoms with Gasteiger partial charge in [0.2, 0.25) is 0 Å². The average molecular weight is 376 g/mol. The van der Waals surface area contributed by atoms with Crippen molar-refractivity contribution in [3.8, 4) is 0 Å². The van der Waals surface area contributed by atoms with E-state index in [1.54, 1.807) is 12.1 Å². The first-order valence-corrected chi connectivity index (χ1v) is 8.69. The second-order valence-corrected chi connectivity index (χ2v) is 7.06. The number of alkyl halides is 1. The molecule has 116 valence electrons. The lowest BCUT2D eigenvalue weighted by molar-refractivity contribution is 0.472. The SMILES string of the molecule is CCCCCC(C)n1c(C(C)Cl)nc2cc(Br)c(F)cc21. The molecule has 2 atom stereocenters. The van der Waals surface area contributed by atoms with Crippen molar-refractivity contribution in [2.24, 2.45) is 0 Å². The number of hydrogen-bond acceptors (Lipinski definition) is 1. The first-order valence-electron chi connectivity index (χ1n) is 7.46. The Labute approximate surface area is 138 Å². The Balaban J connectivity index is 2.47. The van der Waals surface area contributed by atoms with Gasteiger partial charge in [-0.2, -0.15) is 0 Å². The molecular weight excluding hydrogens is 355 g/mol. The molecule has 0 aliphatic carbocycles. The smallest absolute Gasteiger partial charge is 0.139 e. The van der Waals surface area contributed by atoms with Crippen LogP contribution in [0.25, 0.3) is 11.0 Å². The number of halogens is 3. The summed E-state index contributed by atoms with van der Waals surface area (Å²) in [6.45, 7) is 6.25. The van der Waals surface area contributed by atoms with Gasteiger partial charge in [0.1, 0.15) is 11.6 Å². The summed E-state index contributed by atoms with van der Waals surface area (Å²) in [7, 11) is 0. The van der Waals surface area contributed by atoms with E-state index >= 15 is 0 Å². The van der Waals surface area contributed by atoms with Crippen LogP contribution >= 0.6 is 27.5 Å². The van der Waals surface area contributed by atoms with Gasteiger partial charge in [-0.25, -0.2) is 9.37 Å². The van der Waals surface area contributed by atoms with Crippen LogP contribution in [-0.2, 0) is 0 Å². The first-order chi connectivity index (χ1) is 9.95. The van der Waals surface area contributed by atoms with Gasteiger partial charge in [0.25, 0.3) is 0 Å². The highest BCUT2D eigenvalue weighted by Crippen LogP contribution is 2.32. The van der Waals surface area contributed by atoms with E-state index in [1.165, 1.54) is 12.8 Å². The minimum absolute atomic E-state index is 0.201. The van der Waals surface area contributed by atoms with Crippen molar-refractivity contribution in [1.29, 1.82) is 0 Å². The summed E-state index contributed by atoms with van der Waals surface area (Å²) >= 11 is 9.49. The monoisotopic (exact) mass is 374 g/mol. The third kappa shape index (κ3) is 3.59. The summed E-state index contributed by atoms with van der Waals surface area (Å²) < 4.78 is 16.4. The van der Waals surface area contributed by atoms with Crippen LogP contribution in [0.1, 0.15) is 63.7 Å². The number of rotatable bonds is 6. The molecule has 0 spiro atoms. The molecule has 2 rings (SSSR count). The van der Waals surface area contributed by atoms with E-state index in [1.807, 2.05) is 6.92 Å². The van der Waals surface area contributed by atoms with Gasteiger partial charge in [-0.3, -0.25) is 0 Å². The molecule has 0 amide bonds. The maximum Gasteiger partial charge on any atom is 0.139 e. The molecule has 1 heterocycles. The van der Waals surface area contributed by atoms with Crippen molar-refractivity contribution in [1.82, 2.24) is 9.55 Å². The summed E-state index contributed by atoms with van der Waals surface area (Å²) in [5.74, 6) is 0.548. The van der Waals surface area contributed by atoms with E-state index in [2.05, 4.69) is 39.3 Å². The summed E-state index contributed by atoms with van der Waals surface area (Å²) in [5, 5.41) is -0.201. The number of fused-ring (bicyclic) bond motifs is 1. The van der Waals surface area contributed by atoms with E-state index in [4.69, 9.17) is 11.6 Å². The van der Waals surface area contributed by atoms with Crippen LogP contribution in [0.3, 0.4) is 0 Å². The first kappa shape index (κ1) is 16.8. The highest BCUT2D eigenvalue weighted by molar-refractivity contribution is 9.10. The van der Waals surface area contributed by atoms with Crippen LogP contribution < -0.4 is 0 Å². The lowest BCUT2D eigenvalue weighted by atomic mass is 10.1. The van der Waals surface area contributed by atoms with Crippen LogP contribution in [0, 0.1) is 5.82 Å². The maximum absolute atomic E-state index is 13.9. The van der Waals surface area contributed by atoms with E-state index in [-0.39, 0.29) is 17.2 Å². The zero-order valence-electron chi connectivity index (χ0n) is 12.7. The molecular formula is C16H21BrClFN2. The van der Waals surface area contributed by atoms with E-state index in [0.717, 1.165) is 29.7 Å². The highest BCUT2D eigenvalue weighted by atomic mass is 79.9. The number of nitrogens with zero attached hydrogens (tertiary/aromatic N) is 2. The molecule has 0 aliphatic rings. The molecule has 0 N–H and O–H groups in total. The standard InChI is InChI=1S/C16H21BrClFN2/c1-4-5-6-7-10(2)21-15-9-13(19)12(17)8-14(15)20-16(21)11(3)18/h8-11H,4-7H2,1-3H3. The largest absolute Gasteiger partial charge is 0.324 e. The van der Waals surface area contributed by atoms with Gasteiger partial charge in [0, 0.05) is 12.1 Å². The van der Waals surface area contributed by atoms with E-state index < -0.39 is 0 Å². The molecule has 0 saturated heterocycles. The van der Waals surface area contributed by atoms with Crippen molar-refractivity contribution in [3.05, 3.63) is 28.2 Å². The molecule has 1 aromatic carbocycles. The summed E-state index contributed by atoms with van der Waals surface area (Å²) in [6.07, 6.45) is 4.61. The second-order valence-electron chi connectivity index (χ2n) is 5.56. The number of aromatic nitrogens is 2. The fourth-order valence-corrected chi connectivity index (χ4v) is 3.16. The summed E-state index contributed by atoms with van der Waals surface area (Å²) in [5.41, 5.74) is 1.61. The molecule has 1 aromatic heterocycles. The molecule has 2 nitrogen and oxygen atoms in total. The van der Waals surface area contributed by atoms with Crippen LogP contribution in [0.15, 0.2) is 16.6 Å². The van der Waals surface area contributed by atoms with Crippen LogP contribution in [0.2, 0.25) is 0 Å². The Morgan fingerprint density at radius 2 is 2.05 bits per heavy atom. The molecule has 0 saturated carbocycles. The van der Waals surface area contributed by atoms with Crippen molar-refractivity contribution >= 4 is 38.6 Å². The second kappa shape index (κ2) is 7.10. The molecule has 0 radical (unpaired) electrons. The fraction of sp³-hybridized carbons (Fsp3) is 0.562. The average Bonchev–Trinajstić information content (AvgIpc) is 2.78. The van der Waals surface area contributed by atoms with E-state index in [0.29, 0.717) is 4.47 Å². The lowest BCUT2D eigenvalue weighted by Gasteiger charge is -2.18. The van der Waals surface area contributed by atoms with E-state index in [9.17, 15) is 4.39 Å². The predicted octanol–water partition coefficient (Wildman–Crippen LogP) is 6.38. The Kier molecular flexibility index (Phi) is 5.67. The van der Waals surface area contributed by atoms with Crippen molar-refractivity contribution in [3.63, 3.8) is 0 Å². The number of hydrogen-bond donors (Lipinski definition) is 0. The van der Waals surface area contributed by atoms with Crippen molar-refractivity contribution < 1.29 is 4.39 Å². The van der Waals surface area contributed by atoms with Gasteiger partial charge in [0.15, 0.2) is 0 Å². The predicted molar refractivity (Wildman–Crippen MR) is 90.5 cm³/mol. The van der Waals surface area contributed by atoms with Gasteiger partial charge >= 0.3 is 0 Å². The topological polar surface area (TPSA) is 17.8 Å². The molecule has 21 heavy (non-hydrogen) atoms. The van der Waals surface area contributed by atoms with Crippen LogP contribution in [0.5, 0.6) is 0 Å². The Bertz CT molecular complexity index is 624. The van der Waals surface area contributed by atoms with Gasteiger partial charge in [-0.15, -0.1) is 11.6 Å². The van der Waals surface area contributed by atoms with Crippen LogP contribution in [0.4, 0.5) is 4.39 Å². The third-order valence-corrected chi connectivity index (χ3v) is 4.58. The van der Waals surface area contributed by atoms with Crippen molar-refractivity contribution in [2.75, 3.05) is 0 Å². The minimum Gasteiger partial charge on any atom is -0.324 e. The maximum atomic E-state index is 13.9. The normalized spacial score (nSPS) is 14.6. The Morgan fingerprint density at radius 3 is 2.67 bits per heavy atom. The Hall–Kier alpha value is -0.610. The van der Waals surface area contributed by atoms with Gasteiger partial charge in [-0.1, -0.05) is 26.2 Å². The van der Waals surface area contributed by atoms with Gasteiger partial charge in [0.05, 0.1) is 20.9 Å². The molecule has 2 aromatic rings. The van der Waals surface area contributed by atoms with Crippen LogP contribution in [-0.4, -0.2) is 9.55 Å². The molecule has 2 unspecified atom stereocenters. The highest BCUT2D eigenvalue weighted by Gasteiger charge is 2.20. The number of unbranched alkanes of at least 4 members (excludes halogenated alkanes) is 2. The third-order valence-electron chi connectivity index (χ3n) is 3.78. The number of benzene rings is 1. The van der Waals surface area contributed by atoms with Gasteiger partial charge < -0.3 is 4.57 Å². The summed E-state index contributed by atoms with van der Waals surface area (Å²) in [4.78, 5) is 4.60. The zero-order chi connectivity index (χ0) is 15.6.